The summed E-state index contributed by atoms with van der Waals surface area (Å²) >= 11 is 0. The lowest BCUT2D eigenvalue weighted by Crippen LogP contribution is -2.37. The molecule has 0 aliphatic heterocycles. The molecule has 0 saturated carbocycles. The Morgan fingerprint density at radius 1 is 0.900 bits per heavy atom. The molecule has 1 N–H and O–H groups in total. The Morgan fingerprint density at radius 3 is 1.93 bits per heavy atom. The van der Waals surface area contributed by atoms with Gasteiger partial charge >= 0.3 is 6.09 Å². The Hall–Kier alpha value is -2.92. The SMILES string of the molecule is C=C[C@@H](OC(=O)N[C@@H](C)c1ccccc1)[C@@H](C)C(=O)[C@H](C)[C@@H](OC)c1ccccc1. The Morgan fingerprint density at radius 2 is 1.43 bits per heavy atom. The summed E-state index contributed by atoms with van der Waals surface area (Å²) in [5.41, 5.74) is 1.90. The van der Waals surface area contributed by atoms with E-state index in [1.54, 1.807) is 14.0 Å². The summed E-state index contributed by atoms with van der Waals surface area (Å²) in [5, 5.41) is 2.80. The lowest BCUT2D eigenvalue weighted by atomic mass is 9.85. The number of carbonyl (C=O) groups excluding carboxylic acids is 2. The van der Waals surface area contributed by atoms with E-state index in [2.05, 4.69) is 11.9 Å². The van der Waals surface area contributed by atoms with Crippen molar-refractivity contribution in [1.82, 2.24) is 5.32 Å². The maximum atomic E-state index is 13.1. The monoisotopic (exact) mass is 409 g/mol. The number of Topliss-reactive ketones (excluding diaryl/α,β-unsaturated/α-hetero) is 1. The zero-order chi connectivity index (χ0) is 22.1. The van der Waals surface area contributed by atoms with E-state index in [9.17, 15) is 9.59 Å². The minimum Gasteiger partial charge on any atom is -0.441 e. The van der Waals surface area contributed by atoms with Gasteiger partial charge in [0.15, 0.2) is 0 Å². The van der Waals surface area contributed by atoms with E-state index in [0.29, 0.717) is 0 Å². The molecule has 5 heteroatoms. The second kappa shape index (κ2) is 11.3. The number of methoxy groups -OCH3 is 1. The second-order valence-electron chi connectivity index (χ2n) is 7.43. The summed E-state index contributed by atoms with van der Waals surface area (Å²) in [4.78, 5) is 25.5. The normalized spacial score (nSPS) is 15.9. The highest BCUT2D eigenvalue weighted by atomic mass is 16.6. The topological polar surface area (TPSA) is 64.6 Å². The van der Waals surface area contributed by atoms with E-state index < -0.39 is 24.0 Å². The van der Waals surface area contributed by atoms with Crippen molar-refractivity contribution < 1.29 is 19.1 Å². The molecule has 0 aliphatic carbocycles. The third-order valence-electron chi connectivity index (χ3n) is 5.34. The number of hydrogen-bond acceptors (Lipinski definition) is 4. The second-order valence-corrected chi connectivity index (χ2v) is 7.43. The van der Waals surface area contributed by atoms with Crippen LogP contribution >= 0.6 is 0 Å². The standard InChI is InChI=1S/C25H31NO4/c1-6-22(30-25(28)26-19(4)20-13-9-7-10-14-20)17(2)23(27)18(3)24(29-5)21-15-11-8-12-16-21/h6-19,22,24H,1H2,2-5H3,(H,26,28)/t17-,18+,19+,22-,24-/m1/s1. The number of alkyl carbamates (subject to hydrolysis) is 1. The number of hydrogen-bond donors (Lipinski definition) is 1. The van der Waals surface area contributed by atoms with Gasteiger partial charge in [0.2, 0.25) is 0 Å². The molecule has 0 aliphatic rings. The summed E-state index contributed by atoms with van der Waals surface area (Å²) in [5.74, 6) is -1.03. The number of nitrogens with one attached hydrogen (secondary N) is 1. The van der Waals surface area contributed by atoms with Gasteiger partial charge in [-0.1, -0.05) is 87.2 Å². The third-order valence-corrected chi connectivity index (χ3v) is 5.34. The van der Waals surface area contributed by atoms with Crippen LogP contribution in [0.25, 0.3) is 0 Å². The summed E-state index contributed by atoms with van der Waals surface area (Å²) in [7, 11) is 1.59. The van der Waals surface area contributed by atoms with E-state index in [4.69, 9.17) is 9.47 Å². The summed E-state index contributed by atoms with van der Waals surface area (Å²) < 4.78 is 11.1. The summed E-state index contributed by atoms with van der Waals surface area (Å²) in [6, 6.07) is 19.0. The van der Waals surface area contributed by atoms with E-state index in [0.717, 1.165) is 11.1 Å². The zero-order valence-corrected chi connectivity index (χ0v) is 18.1. The first kappa shape index (κ1) is 23.4. The van der Waals surface area contributed by atoms with Crippen LogP contribution in [0.2, 0.25) is 0 Å². The maximum Gasteiger partial charge on any atom is 0.408 e. The molecule has 0 spiro atoms. The molecule has 30 heavy (non-hydrogen) atoms. The highest BCUT2D eigenvalue weighted by Gasteiger charge is 2.33. The van der Waals surface area contributed by atoms with Gasteiger partial charge in [0.05, 0.1) is 18.1 Å². The van der Waals surface area contributed by atoms with Crippen molar-refractivity contribution in [1.29, 1.82) is 0 Å². The van der Waals surface area contributed by atoms with Gasteiger partial charge in [0, 0.05) is 13.0 Å². The molecule has 5 atom stereocenters. The van der Waals surface area contributed by atoms with Crippen LogP contribution in [0.1, 0.15) is 44.0 Å². The fourth-order valence-electron chi connectivity index (χ4n) is 3.51. The predicted octanol–water partition coefficient (Wildman–Crippen LogP) is 5.26. The Balaban J connectivity index is 2.01. The number of amides is 1. The van der Waals surface area contributed by atoms with Crippen molar-refractivity contribution in [2.24, 2.45) is 11.8 Å². The van der Waals surface area contributed by atoms with Gasteiger partial charge < -0.3 is 14.8 Å². The number of ether oxygens (including phenoxy) is 2. The first-order chi connectivity index (χ1) is 14.4. The molecule has 5 nitrogen and oxygen atoms in total. The van der Waals surface area contributed by atoms with Crippen LogP contribution in [0.3, 0.4) is 0 Å². The van der Waals surface area contributed by atoms with Gasteiger partial charge in [-0.15, -0.1) is 0 Å². The Labute approximate surface area is 179 Å². The molecule has 0 bridgehead atoms. The highest BCUT2D eigenvalue weighted by molar-refractivity contribution is 5.84. The summed E-state index contributed by atoms with van der Waals surface area (Å²) in [6.07, 6.45) is -0.212. The van der Waals surface area contributed by atoms with Crippen LogP contribution in [0.15, 0.2) is 73.3 Å². The Bertz CT molecular complexity index is 822. The number of ketones is 1. The van der Waals surface area contributed by atoms with Crippen LogP contribution in [-0.4, -0.2) is 25.1 Å². The van der Waals surface area contributed by atoms with Gasteiger partial charge in [-0.25, -0.2) is 4.79 Å². The third kappa shape index (κ3) is 6.04. The lowest BCUT2D eigenvalue weighted by Gasteiger charge is -2.27. The molecular formula is C25H31NO4. The van der Waals surface area contributed by atoms with Gasteiger partial charge in [-0.2, -0.15) is 0 Å². The molecule has 160 valence electrons. The molecule has 0 fully saturated rings. The van der Waals surface area contributed by atoms with E-state index in [-0.39, 0.29) is 17.9 Å². The molecule has 1 amide bonds. The molecule has 2 aromatic rings. The van der Waals surface area contributed by atoms with Crippen LogP contribution in [0.4, 0.5) is 4.79 Å². The van der Waals surface area contributed by atoms with Crippen LogP contribution in [-0.2, 0) is 14.3 Å². The Kier molecular flexibility index (Phi) is 8.81. The van der Waals surface area contributed by atoms with Crippen molar-refractivity contribution in [3.8, 4) is 0 Å². The van der Waals surface area contributed by atoms with Crippen LogP contribution < -0.4 is 5.32 Å². The van der Waals surface area contributed by atoms with E-state index >= 15 is 0 Å². The van der Waals surface area contributed by atoms with Crippen molar-refractivity contribution in [3.05, 3.63) is 84.4 Å². The minimum atomic E-state index is -0.740. The fourth-order valence-corrected chi connectivity index (χ4v) is 3.51. The quantitative estimate of drug-likeness (QED) is 0.544. The molecule has 2 aromatic carbocycles. The smallest absolute Gasteiger partial charge is 0.408 e. The van der Waals surface area contributed by atoms with Gasteiger partial charge in [-0.3, -0.25) is 4.79 Å². The predicted molar refractivity (Wildman–Crippen MR) is 118 cm³/mol. The lowest BCUT2D eigenvalue weighted by molar-refractivity contribution is -0.132. The maximum absolute atomic E-state index is 13.1. The average Bonchev–Trinajstić information content (AvgIpc) is 2.78. The molecular weight excluding hydrogens is 378 g/mol. The van der Waals surface area contributed by atoms with Gasteiger partial charge in [0.1, 0.15) is 11.9 Å². The van der Waals surface area contributed by atoms with Crippen molar-refractivity contribution in [3.63, 3.8) is 0 Å². The molecule has 0 aromatic heterocycles. The van der Waals surface area contributed by atoms with Crippen LogP contribution in [0.5, 0.6) is 0 Å². The van der Waals surface area contributed by atoms with Gasteiger partial charge in [-0.05, 0) is 18.1 Å². The number of carbonyl (C=O) groups is 2. The number of rotatable bonds is 10. The fraction of sp³-hybridized carbons (Fsp3) is 0.360. The van der Waals surface area contributed by atoms with E-state index in [1.165, 1.54) is 6.08 Å². The summed E-state index contributed by atoms with van der Waals surface area (Å²) in [6.45, 7) is 9.20. The number of benzene rings is 2. The van der Waals surface area contributed by atoms with E-state index in [1.807, 2.05) is 74.5 Å². The minimum absolute atomic E-state index is 0.0560. The van der Waals surface area contributed by atoms with Crippen molar-refractivity contribution >= 4 is 11.9 Å². The molecule has 0 unspecified atom stereocenters. The molecule has 0 heterocycles. The molecule has 2 rings (SSSR count). The first-order valence-electron chi connectivity index (χ1n) is 10.1. The zero-order valence-electron chi connectivity index (χ0n) is 18.1. The van der Waals surface area contributed by atoms with Crippen LogP contribution in [0, 0.1) is 11.8 Å². The highest BCUT2D eigenvalue weighted by Crippen LogP contribution is 2.29. The molecule has 0 radical (unpaired) electrons. The average molecular weight is 410 g/mol. The van der Waals surface area contributed by atoms with Crippen molar-refractivity contribution in [2.75, 3.05) is 7.11 Å². The molecule has 0 saturated heterocycles. The first-order valence-corrected chi connectivity index (χ1v) is 10.1. The largest absolute Gasteiger partial charge is 0.441 e. The van der Waals surface area contributed by atoms with Crippen molar-refractivity contribution in [2.45, 2.75) is 39.0 Å². The van der Waals surface area contributed by atoms with Gasteiger partial charge in [0.25, 0.3) is 0 Å².